The summed E-state index contributed by atoms with van der Waals surface area (Å²) in [5.41, 5.74) is -0.355. The van der Waals surface area contributed by atoms with E-state index in [2.05, 4.69) is 24.5 Å². The molecule has 0 aliphatic carbocycles. The lowest BCUT2D eigenvalue weighted by molar-refractivity contribution is -0.133. The molecule has 3 rings (SSSR count). The highest BCUT2D eigenvalue weighted by Crippen LogP contribution is 2.34. The molecule has 1 heterocycles. The van der Waals surface area contributed by atoms with Crippen LogP contribution in [0.25, 0.3) is 0 Å². The summed E-state index contributed by atoms with van der Waals surface area (Å²) in [6, 6.07) is 14.3. The molecule has 8 heteroatoms. The number of anilines is 1. The van der Waals surface area contributed by atoms with E-state index in [1.165, 1.54) is 11.8 Å². The molecule has 2 aromatic rings. The number of nitrogens with one attached hydrogen (secondary N) is 2. The number of halogens is 1. The average Bonchev–Trinajstić information content (AvgIpc) is 2.93. The normalized spacial score (nSPS) is 18.4. The van der Waals surface area contributed by atoms with Gasteiger partial charge in [-0.1, -0.05) is 49.3 Å². The van der Waals surface area contributed by atoms with Crippen molar-refractivity contribution in [1.29, 1.82) is 0 Å². The first-order valence-electron chi connectivity index (χ1n) is 10.1. The van der Waals surface area contributed by atoms with Crippen molar-refractivity contribution >= 4 is 46.9 Å². The Kier molecular flexibility index (Phi) is 7.28. The molecule has 2 N–H and O–H groups in total. The molecule has 1 aliphatic heterocycles. The van der Waals surface area contributed by atoms with Crippen LogP contribution in [0.15, 0.2) is 58.3 Å². The summed E-state index contributed by atoms with van der Waals surface area (Å²) >= 11 is 7.43. The van der Waals surface area contributed by atoms with Crippen molar-refractivity contribution in [3.63, 3.8) is 0 Å². The lowest BCUT2D eigenvalue weighted by Gasteiger charge is -2.22. The van der Waals surface area contributed by atoms with Gasteiger partial charge in [0.1, 0.15) is 12.1 Å². The van der Waals surface area contributed by atoms with Crippen LogP contribution >= 0.6 is 23.4 Å². The molecule has 164 valence electrons. The predicted molar refractivity (Wildman–Crippen MR) is 123 cm³/mol. The molecular formula is C23H26ClN3O3S. The Hall–Kier alpha value is -2.51. The van der Waals surface area contributed by atoms with Crippen molar-refractivity contribution in [3.05, 3.63) is 53.6 Å². The van der Waals surface area contributed by atoms with Crippen molar-refractivity contribution in [3.8, 4) is 0 Å². The molecule has 1 fully saturated rings. The number of benzene rings is 2. The zero-order valence-corrected chi connectivity index (χ0v) is 19.3. The van der Waals surface area contributed by atoms with Gasteiger partial charge in [-0.3, -0.25) is 14.5 Å². The van der Waals surface area contributed by atoms with E-state index in [0.29, 0.717) is 23.0 Å². The van der Waals surface area contributed by atoms with Crippen molar-refractivity contribution in [2.45, 2.75) is 48.9 Å². The van der Waals surface area contributed by atoms with Gasteiger partial charge in [-0.25, -0.2) is 4.79 Å². The number of amides is 4. The van der Waals surface area contributed by atoms with E-state index < -0.39 is 17.5 Å². The summed E-state index contributed by atoms with van der Waals surface area (Å²) in [5.74, 6) is -0.383. The van der Waals surface area contributed by atoms with Gasteiger partial charge in [0.15, 0.2) is 0 Å². The molecule has 4 amide bonds. The van der Waals surface area contributed by atoms with Crippen LogP contribution < -0.4 is 10.6 Å². The van der Waals surface area contributed by atoms with Gasteiger partial charge < -0.3 is 10.6 Å². The average molecular weight is 460 g/mol. The molecule has 0 saturated carbocycles. The van der Waals surface area contributed by atoms with Crippen molar-refractivity contribution in [2.24, 2.45) is 5.92 Å². The summed E-state index contributed by atoms with van der Waals surface area (Å²) in [4.78, 5) is 40.7. The number of carbonyl (C=O) groups is 3. The molecule has 0 aromatic heterocycles. The molecule has 0 bridgehead atoms. The quantitative estimate of drug-likeness (QED) is 0.533. The number of imide groups is 1. The summed E-state index contributed by atoms with van der Waals surface area (Å²) in [6.45, 7) is 5.51. The second-order valence-corrected chi connectivity index (χ2v) is 9.74. The molecule has 2 aromatic carbocycles. The maximum absolute atomic E-state index is 12.8. The maximum atomic E-state index is 12.8. The van der Waals surface area contributed by atoms with Gasteiger partial charge in [0.25, 0.3) is 5.91 Å². The van der Waals surface area contributed by atoms with Crippen LogP contribution in [0, 0.1) is 5.92 Å². The SMILES string of the molecule is CC(C)CC[C@@]1(C)NC(=O)N(CC(=O)Nc2ccccc2Sc2ccc(Cl)cc2)C1=O. The summed E-state index contributed by atoms with van der Waals surface area (Å²) in [5, 5.41) is 6.23. The minimum Gasteiger partial charge on any atom is -0.323 e. The van der Waals surface area contributed by atoms with Crippen LogP contribution in [-0.4, -0.2) is 34.8 Å². The largest absolute Gasteiger partial charge is 0.325 e. The molecule has 1 atom stereocenters. The molecule has 0 spiro atoms. The van der Waals surface area contributed by atoms with E-state index in [4.69, 9.17) is 11.6 Å². The number of rotatable bonds is 8. The Morgan fingerprint density at radius 1 is 1.16 bits per heavy atom. The highest BCUT2D eigenvalue weighted by molar-refractivity contribution is 7.99. The fraction of sp³-hybridized carbons (Fsp3) is 0.348. The van der Waals surface area contributed by atoms with Crippen LogP contribution in [0.3, 0.4) is 0 Å². The first-order valence-corrected chi connectivity index (χ1v) is 11.3. The summed E-state index contributed by atoms with van der Waals surface area (Å²) < 4.78 is 0. The Morgan fingerprint density at radius 2 is 1.84 bits per heavy atom. The molecule has 31 heavy (non-hydrogen) atoms. The number of hydrogen-bond donors (Lipinski definition) is 2. The first kappa shape index (κ1) is 23.2. The van der Waals surface area contributed by atoms with Crippen molar-refractivity contribution in [1.82, 2.24) is 10.2 Å². The molecule has 0 radical (unpaired) electrons. The van der Waals surface area contributed by atoms with E-state index in [1.54, 1.807) is 25.1 Å². The topological polar surface area (TPSA) is 78.5 Å². The smallest absolute Gasteiger partial charge is 0.323 e. The Bertz CT molecular complexity index is 980. The third kappa shape index (κ3) is 5.80. The predicted octanol–water partition coefficient (Wildman–Crippen LogP) is 5.18. The lowest BCUT2D eigenvalue weighted by atomic mass is 9.92. The molecule has 1 aliphatic rings. The van der Waals surface area contributed by atoms with Gasteiger partial charge in [-0.05, 0) is 62.1 Å². The number of hydrogen-bond acceptors (Lipinski definition) is 4. The van der Waals surface area contributed by atoms with E-state index in [1.807, 2.05) is 30.3 Å². The van der Waals surface area contributed by atoms with Gasteiger partial charge >= 0.3 is 6.03 Å². The van der Waals surface area contributed by atoms with Gasteiger partial charge in [-0.15, -0.1) is 0 Å². The van der Waals surface area contributed by atoms with E-state index in [9.17, 15) is 14.4 Å². The standard InChI is InChI=1S/C23H26ClN3O3S/c1-15(2)12-13-23(3)21(29)27(22(30)26-23)14-20(28)25-18-6-4-5-7-19(18)31-17-10-8-16(24)9-11-17/h4-11,15H,12-14H2,1-3H3,(H,25,28)(H,26,30)/t23-/m1/s1. The highest BCUT2D eigenvalue weighted by Gasteiger charge is 2.47. The van der Waals surface area contributed by atoms with Gasteiger partial charge in [-0.2, -0.15) is 0 Å². The maximum Gasteiger partial charge on any atom is 0.325 e. The second-order valence-electron chi connectivity index (χ2n) is 8.19. The lowest BCUT2D eigenvalue weighted by Crippen LogP contribution is -2.44. The number of urea groups is 1. The van der Waals surface area contributed by atoms with Crippen LogP contribution in [0.5, 0.6) is 0 Å². The third-order valence-corrected chi connectivity index (χ3v) is 6.41. The monoisotopic (exact) mass is 459 g/mol. The van der Waals surface area contributed by atoms with Crippen LogP contribution in [-0.2, 0) is 9.59 Å². The fourth-order valence-electron chi connectivity index (χ4n) is 3.26. The Balaban J connectivity index is 1.66. The van der Waals surface area contributed by atoms with Crippen LogP contribution in [0.4, 0.5) is 10.5 Å². The molecule has 1 saturated heterocycles. The van der Waals surface area contributed by atoms with Crippen LogP contribution in [0.1, 0.15) is 33.6 Å². The molecule has 6 nitrogen and oxygen atoms in total. The number of para-hydroxylation sites is 1. The van der Waals surface area contributed by atoms with E-state index in [0.717, 1.165) is 21.1 Å². The summed E-state index contributed by atoms with van der Waals surface area (Å²) in [6.07, 6.45) is 1.34. The van der Waals surface area contributed by atoms with Gasteiger partial charge in [0.2, 0.25) is 5.91 Å². The summed E-state index contributed by atoms with van der Waals surface area (Å²) in [7, 11) is 0. The van der Waals surface area contributed by atoms with Crippen molar-refractivity contribution < 1.29 is 14.4 Å². The van der Waals surface area contributed by atoms with Gasteiger partial charge in [0.05, 0.1) is 5.69 Å². The van der Waals surface area contributed by atoms with Crippen LogP contribution in [0.2, 0.25) is 5.02 Å². The Labute approximate surface area is 191 Å². The molecule has 0 unspecified atom stereocenters. The zero-order chi connectivity index (χ0) is 22.6. The Morgan fingerprint density at radius 3 is 2.52 bits per heavy atom. The second kappa shape index (κ2) is 9.75. The van der Waals surface area contributed by atoms with E-state index >= 15 is 0 Å². The number of carbonyl (C=O) groups excluding carboxylic acids is 3. The van der Waals surface area contributed by atoms with Crippen molar-refractivity contribution in [2.75, 3.05) is 11.9 Å². The molecular weight excluding hydrogens is 434 g/mol. The minimum absolute atomic E-state index is 0.331. The minimum atomic E-state index is -0.968. The number of nitrogens with zero attached hydrogens (tertiary/aromatic N) is 1. The zero-order valence-electron chi connectivity index (χ0n) is 17.8. The third-order valence-electron chi connectivity index (χ3n) is 5.07. The first-order chi connectivity index (χ1) is 14.7. The van der Waals surface area contributed by atoms with E-state index in [-0.39, 0.29) is 12.5 Å². The van der Waals surface area contributed by atoms with Gasteiger partial charge in [0, 0.05) is 14.8 Å². The fourth-order valence-corrected chi connectivity index (χ4v) is 4.29. The highest BCUT2D eigenvalue weighted by atomic mass is 35.5.